The van der Waals surface area contributed by atoms with Gasteiger partial charge in [-0.2, -0.15) is 0 Å². The summed E-state index contributed by atoms with van der Waals surface area (Å²) < 4.78 is 47.1. The van der Waals surface area contributed by atoms with Crippen molar-refractivity contribution in [3.63, 3.8) is 0 Å². The molecule has 1 N–H and O–H groups in total. The van der Waals surface area contributed by atoms with E-state index in [1.807, 2.05) is 6.20 Å². The van der Waals surface area contributed by atoms with Gasteiger partial charge >= 0.3 is 6.36 Å². The molecule has 7 nitrogen and oxygen atoms in total. The lowest BCUT2D eigenvalue weighted by atomic mass is 9.81. The van der Waals surface area contributed by atoms with Crippen molar-refractivity contribution in [1.29, 1.82) is 0 Å². The van der Waals surface area contributed by atoms with E-state index in [1.165, 1.54) is 12.1 Å². The molecule has 1 amide bonds. The van der Waals surface area contributed by atoms with Gasteiger partial charge in [-0.25, -0.2) is 4.98 Å². The molecule has 2 saturated heterocycles. The lowest BCUT2D eigenvalue weighted by Crippen LogP contribution is -2.58. The Bertz CT molecular complexity index is 926. The monoisotopic (exact) mass is 466 g/mol. The highest BCUT2D eigenvalue weighted by Crippen LogP contribution is 2.40. The smallest absolute Gasteiger partial charge is 0.406 e. The van der Waals surface area contributed by atoms with Crippen molar-refractivity contribution >= 4 is 6.41 Å². The summed E-state index contributed by atoms with van der Waals surface area (Å²) >= 11 is 0. The fourth-order valence-corrected chi connectivity index (χ4v) is 4.78. The van der Waals surface area contributed by atoms with E-state index in [-0.39, 0.29) is 29.7 Å². The van der Waals surface area contributed by atoms with Gasteiger partial charge in [-0.05, 0) is 30.0 Å². The van der Waals surface area contributed by atoms with Crippen molar-refractivity contribution in [2.45, 2.75) is 50.6 Å². The lowest BCUT2D eigenvalue weighted by molar-refractivity contribution is -0.274. The number of likely N-dealkylation sites (tertiary alicyclic amines) is 1. The Kier molecular flexibility index (Phi) is 6.94. The number of nitrogens with zero attached hydrogens (tertiary/aromatic N) is 3. The van der Waals surface area contributed by atoms with Gasteiger partial charge in [0.15, 0.2) is 0 Å². The minimum Gasteiger partial charge on any atom is -0.406 e. The van der Waals surface area contributed by atoms with Crippen LogP contribution in [0, 0.1) is 0 Å². The number of imidazole rings is 1. The molecule has 0 radical (unpaired) electrons. The summed E-state index contributed by atoms with van der Waals surface area (Å²) in [7, 11) is 0. The molecule has 1 aromatic carbocycles. The Morgan fingerprint density at radius 3 is 2.48 bits per heavy atom. The van der Waals surface area contributed by atoms with Gasteiger partial charge < -0.3 is 19.4 Å². The van der Waals surface area contributed by atoms with E-state index in [2.05, 4.69) is 33.5 Å². The number of nitrogens with one attached hydrogen (secondary N) is 1. The summed E-state index contributed by atoms with van der Waals surface area (Å²) in [5.41, 5.74) is 1.89. The second-order valence-electron chi connectivity index (χ2n) is 8.90. The molecule has 3 atom stereocenters. The van der Waals surface area contributed by atoms with Crippen LogP contribution in [0.5, 0.6) is 5.75 Å². The molecule has 180 valence electrons. The number of amides is 1. The van der Waals surface area contributed by atoms with Crippen LogP contribution in [0.2, 0.25) is 0 Å². The highest BCUT2D eigenvalue weighted by molar-refractivity contribution is 5.49. The van der Waals surface area contributed by atoms with E-state index in [4.69, 9.17) is 4.74 Å². The zero-order valence-electron chi connectivity index (χ0n) is 18.7. The van der Waals surface area contributed by atoms with Crippen LogP contribution in [0.15, 0.2) is 30.5 Å². The number of H-pyrrole nitrogens is 1. The summed E-state index contributed by atoms with van der Waals surface area (Å²) in [4.78, 5) is 24.3. The number of halogens is 3. The molecule has 0 spiro atoms. The van der Waals surface area contributed by atoms with Gasteiger partial charge in [0, 0.05) is 37.4 Å². The van der Waals surface area contributed by atoms with Crippen LogP contribution in [0.25, 0.3) is 0 Å². The van der Waals surface area contributed by atoms with E-state index >= 15 is 0 Å². The molecule has 2 aliphatic heterocycles. The van der Waals surface area contributed by atoms with Gasteiger partial charge in [-0.15, -0.1) is 13.2 Å². The van der Waals surface area contributed by atoms with E-state index in [1.54, 1.807) is 17.0 Å². The Balaban J connectivity index is 1.62. The first-order chi connectivity index (χ1) is 15.7. The number of aromatic nitrogens is 2. The third-order valence-corrected chi connectivity index (χ3v) is 6.40. The Labute approximate surface area is 190 Å². The molecule has 1 aromatic heterocycles. The molecule has 10 heteroatoms. The summed E-state index contributed by atoms with van der Waals surface area (Å²) in [5.74, 6) is 0.722. The molecule has 4 rings (SSSR count). The van der Waals surface area contributed by atoms with Crippen molar-refractivity contribution < 1.29 is 27.4 Å². The number of ether oxygens (including phenoxy) is 2. The molecule has 2 fully saturated rings. The quantitative estimate of drug-likeness (QED) is 0.656. The van der Waals surface area contributed by atoms with Gasteiger partial charge in [0.05, 0.1) is 25.3 Å². The number of benzene rings is 1. The fourth-order valence-electron chi connectivity index (χ4n) is 4.78. The predicted octanol–water partition coefficient (Wildman–Crippen LogP) is 3.82. The Morgan fingerprint density at radius 1 is 1.21 bits per heavy atom. The molecule has 0 saturated carbocycles. The second kappa shape index (κ2) is 9.72. The number of piperidine rings is 1. The zero-order valence-corrected chi connectivity index (χ0v) is 18.7. The largest absolute Gasteiger partial charge is 0.573 e. The minimum absolute atomic E-state index is 0.0509. The molecule has 2 aromatic rings. The van der Waals surface area contributed by atoms with Crippen LogP contribution in [0.4, 0.5) is 13.2 Å². The maximum absolute atomic E-state index is 12.5. The number of carbonyl (C=O) groups excluding carboxylic acids is 1. The maximum atomic E-state index is 12.5. The van der Waals surface area contributed by atoms with E-state index in [0.717, 1.165) is 36.6 Å². The number of hydrogen-bond acceptors (Lipinski definition) is 5. The lowest BCUT2D eigenvalue weighted by Gasteiger charge is -2.48. The number of hydrogen-bond donors (Lipinski definition) is 1. The van der Waals surface area contributed by atoms with Crippen molar-refractivity contribution in [3.8, 4) is 5.75 Å². The van der Waals surface area contributed by atoms with Crippen molar-refractivity contribution in [3.05, 3.63) is 47.5 Å². The maximum Gasteiger partial charge on any atom is 0.573 e. The molecular formula is C23H29F3N4O3. The SMILES string of the molecule is CC(C)c1cnc(C2CC(c3ccc(OC(F)(F)F)cc3)CN(C=O)C2N2CCOCC2)[nH]1. The second-order valence-corrected chi connectivity index (χ2v) is 8.90. The number of aromatic amines is 1. The van der Waals surface area contributed by atoms with Crippen LogP contribution < -0.4 is 4.74 Å². The number of rotatable bonds is 6. The highest BCUT2D eigenvalue weighted by atomic mass is 19.4. The molecule has 33 heavy (non-hydrogen) atoms. The molecule has 3 unspecified atom stereocenters. The number of morpholine rings is 1. The van der Waals surface area contributed by atoms with E-state index in [0.29, 0.717) is 26.2 Å². The topological polar surface area (TPSA) is 70.7 Å². The van der Waals surface area contributed by atoms with E-state index < -0.39 is 6.36 Å². The third kappa shape index (κ3) is 5.50. The van der Waals surface area contributed by atoms with Gasteiger partial charge in [0.2, 0.25) is 6.41 Å². The summed E-state index contributed by atoms with van der Waals surface area (Å²) in [6.07, 6.45) is -1.48. The minimum atomic E-state index is -4.73. The van der Waals surface area contributed by atoms with Gasteiger partial charge in [-0.1, -0.05) is 26.0 Å². The summed E-state index contributed by atoms with van der Waals surface area (Å²) in [5, 5.41) is 0. The van der Waals surface area contributed by atoms with Crippen LogP contribution in [-0.4, -0.2) is 71.6 Å². The van der Waals surface area contributed by atoms with Gasteiger partial charge in [0.1, 0.15) is 11.6 Å². The molecule has 2 aliphatic rings. The molecular weight excluding hydrogens is 437 g/mol. The van der Waals surface area contributed by atoms with Crippen molar-refractivity contribution in [1.82, 2.24) is 19.8 Å². The van der Waals surface area contributed by atoms with Crippen LogP contribution in [0.3, 0.4) is 0 Å². The molecule has 0 bridgehead atoms. The highest BCUT2D eigenvalue weighted by Gasteiger charge is 2.42. The van der Waals surface area contributed by atoms with Crippen LogP contribution >= 0.6 is 0 Å². The van der Waals surface area contributed by atoms with E-state index in [9.17, 15) is 18.0 Å². The summed E-state index contributed by atoms with van der Waals surface area (Å²) in [6.45, 7) is 7.30. The third-order valence-electron chi connectivity index (χ3n) is 6.40. The normalized spacial score (nSPS) is 24.8. The first kappa shape index (κ1) is 23.6. The summed E-state index contributed by atoms with van der Waals surface area (Å²) in [6, 6.07) is 5.92. The average Bonchev–Trinajstić information content (AvgIpc) is 3.29. The van der Waals surface area contributed by atoms with Crippen LogP contribution in [0.1, 0.15) is 55.1 Å². The van der Waals surface area contributed by atoms with Crippen molar-refractivity contribution in [2.75, 3.05) is 32.8 Å². The zero-order chi connectivity index (χ0) is 23.6. The predicted molar refractivity (Wildman–Crippen MR) is 115 cm³/mol. The molecule has 0 aliphatic carbocycles. The number of alkyl halides is 3. The first-order valence-corrected chi connectivity index (χ1v) is 11.2. The van der Waals surface area contributed by atoms with Crippen LogP contribution in [-0.2, 0) is 9.53 Å². The Morgan fingerprint density at radius 2 is 1.91 bits per heavy atom. The first-order valence-electron chi connectivity index (χ1n) is 11.2. The van der Waals surface area contributed by atoms with Gasteiger partial charge in [0.25, 0.3) is 0 Å². The van der Waals surface area contributed by atoms with Gasteiger partial charge in [-0.3, -0.25) is 9.69 Å². The average molecular weight is 467 g/mol. The number of carbonyl (C=O) groups is 1. The molecule has 3 heterocycles. The van der Waals surface area contributed by atoms with Crippen molar-refractivity contribution in [2.24, 2.45) is 0 Å². The standard InChI is InChI=1S/C23H29F3N4O3/c1-15(2)20-12-27-21(28-20)19-11-17(16-3-5-18(6-4-16)33-23(24,25)26)13-30(14-31)22(19)29-7-9-32-10-8-29/h3-6,12,14-15,17,19,22H,7-11,13H2,1-2H3,(H,27,28). The Hall–Kier alpha value is -2.59. The fraction of sp³-hybridized carbons (Fsp3) is 0.565.